The van der Waals surface area contributed by atoms with Crippen molar-refractivity contribution in [2.75, 3.05) is 10.0 Å². The van der Waals surface area contributed by atoms with Crippen LogP contribution in [0.15, 0.2) is 77.7 Å². The average Bonchev–Trinajstić information content (AvgIpc) is 2.71. The molecular formula is C22H21ClN2O4S. The Kier molecular flexibility index (Phi) is 6.64. The summed E-state index contributed by atoms with van der Waals surface area (Å²) in [4.78, 5) is 12.5. The molecule has 0 aromatic heterocycles. The second-order valence-corrected chi connectivity index (χ2v) is 8.71. The van der Waals surface area contributed by atoms with Crippen molar-refractivity contribution in [3.05, 3.63) is 83.4 Å². The Balaban J connectivity index is 1.66. The smallest absolute Gasteiger partial charge is 0.265 e. The minimum Gasteiger partial charge on any atom is -0.481 e. The van der Waals surface area contributed by atoms with E-state index in [0.717, 1.165) is 5.56 Å². The number of anilines is 2. The average molecular weight is 445 g/mol. The summed E-state index contributed by atoms with van der Waals surface area (Å²) in [6.45, 7) is 3.55. The van der Waals surface area contributed by atoms with Gasteiger partial charge in [0.05, 0.1) is 15.6 Å². The van der Waals surface area contributed by atoms with Crippen molar-refractivity contribution in [3.63, 3.8) is 0 Å². The molecule has 0 aliphatic heterocycles. The van der Waals surface area contributed by atoms with Gasteiger partial charge in [-0.1, -0.05) is 41.9 Å². The Hall–Kier alpha value is -3.03. The zero-order valence-electron chi connectivity index (χ0n) is 16.4. The van der Waals surface area contributed by atoms with E-state index in [0.29, 0.717) is 22.1 Å². The van der Waals surface area contributed by atoms with Crippen LogP contribution in [-0.2, 0) is 14.8 Å². The van der Waals surface area contributed by atoms with Gasteiger partial charge in [0.1, 0.15) is 5.75 Å². The predicted octanol–water partition coefficient (Wildman–Crippen LogP) is 4.86. The number of para-hydroxylation sites is 2. The van der Waals surface area contributed by atoms with E-state index in [2.05, 4.69) is 10.0 Å². The number of rotatable bonds is 7. The molecule has 3 aromatic carbocycles. The van der Waals surface area contributed by atoms with Crippen LogP contribution in [0.4, 0.5) is 11.4 Å². The predicted molar refractivity (Wildman–Crippen MR) is 119 cm³/mol. The van der Waals surface area contributed by atoms with Gasteiger partial charge in [-0.05, 0) is 61.9 Å². The van der Waals surface area contributed by atoms with Crippen molar-refractivity contribution in [2.24, 2.45) is 0 Å². The second-order valence-electron chi connectivity index (χ2n) is 6.62. The molecule has 6 nitrogen and oxygen atoms in total. The third kappa shape index (κ3) is 5.31. The highest BCUT2D eigenvalue weighted by Gasteiger charge is 2.18. The summed E-state index contributed by atoms with van der Waals surface area (Å²) < 4.78 is 33.3. The van der Waals surface area contributed by atoms with Crippen molar-refractivity contribution >= 4 is 38.9 Å². The second kappa shape index (κ2) is 9.19. The molecule has 0 saturated heterocycles. The van der Waals surface area contributed by atoms with E-state index in [-0.39, 0.29) is 10.8 Å². The van der Waals surface area contributed by atoms with Crippen LogP contribution in [0.25, 0.3) is 0 Å². The fraction of sp³-hybridized carbons (Fsp3) is 0.136. The first kappa shape index (κ1) is 21.7. The van der Waals surface area contributed by atoms with Gasteiger partial charge in [-0.25, -0.2) is 8.42 Å². The minimum atomic E-state index is -3.81. The van der Waals surface area contributed by atoms with E-state index in [4.69, 9.17) is 16.3 Å². The number of amides is 1. The highest BCUT2D eigenvalue weighted by molar-refractivity contribution is 7.92. The molecule has 2 N–H and O–H groups in total. The number of sulfonamides is 1. The number of ether oxygens (including phenoxy) is 1. The van der Waals surface area contributed by atoms with Gasteiger partial charge in [0.2, 0.25) is 0 Å². The number of hydrogen-bond acceptors (Lipinski definition) is 4. The molecule has 0 heterocycles. The van der Waals surface area contributed by atoms with E-state index >= 15 is 0 Å². The van der Waals surface area contributed by atoms with Gasteiger partial charge in [-0.2, -0.15) is 0 Å². The Morgan fingerprint density at radius 3 is 2.27 bits per heavy atom. The van der Waals surface area contributed by atoms with Gasteiger partial charge in [0.25, 0.3) is 15.9 Å². The monoisotopic (exact) mass is 444 g/mol. The van der Waals surface area contributed by atoms with Gasteiger partial charge < -0.3 is 10.1 Å². The molecule has 30 heavy (non-hydrogen) atoms. The van der Waals surface area contributed by atoms with Crippen LogP contribution >= 0.6 is 11.6 Å². The third-order valence-corrected chi connectivity index (χ3v) is 6.03. The molecular weight excluding hydrogens is 424 g/mol. The van der Waals surface area contributed by atoms with Gasteiger partial charge >= 0.3 is 0 Å². The number of carbonyl (C=O) groups excluding carboxylic acids is 1. The summed E-state index contributed by atoms with van der Waals surface area (Å²) in [6.07, 6.45) is -0.726. The van der Waals surface area contributed by atoms with Crippen LogP contribution in [0.3, 0.4) is 0 Å². The van der Waals surface area contributed by atoms with E-state index < -0.39 is 16.1 Å². The van der Waals surface area contributed by atoms with E-state index in [1.807, 2.05) is 25.1 Å². The number of aryl methyl sites for hydroxylation is 1. The lowest BCUT2D eigenvalue weighted by molar-refractivity contribution is -0.122. The summed E-state index contributed by atoms with van der Waals surface area (Å²) in [6, 6.07) is 19.8. The molecule has 0 aliphatic carbocycles. The lowest BCUT2D eigenvalue weighted by Crippen LogP contribution is -2.30. The highest BCUT2D eigenvalue weighted by atomic mass is 35.5. The molecule has 0 unspecified atom stereocenters. The van der Waals surface area contributed by atoms with E-state index in [1.54, 1.807) is 37.3 Å². The third-order valence-electron chi connectivity index (χ3n) is 4.32. The quantitative estimate of drug-likeness (QED) is 0.545. The number of halogens is 1. The summed E-state index contributed by atoms with van der Waals surface area (Å²) in [5.74, 6) is 0.287. The Morgan fingerprint density at radius 1 is 0.967 bits per heavy atom. The fourth-order valence-electron chi connectivity index (χ4n) is 2.64. The first-order valence-corrected chi connectivity index (χ1v) is 11.0. The number of hydrogen-bond donors (Lipinski definition) is 2. The summed E-state index contributed by atoms with van der Waals surface area (Å²) in [5.41, 5.74) is 1.67. The lowest BCUT2D eigenvalue weighted by Gasteiger charge is -2.16. The van der Waals surface area contributed by atoms with Gasteiger partial charge in [0.15, 0.2) is 6.10 Å². The van der Waals surface area contributed by atoms with Crippen LogP contribution < -0.4 is 14.8 Å². The number of carbonyl (C=O) groups is 1. The summed E-state index contributed by atoms with van der Waals surface area (Å²) >= 11 is 6.01. The van der Waals surface area contributed by atoms with Crippen LogP contribution in [0, 0.1) is 6.92 Å². The van der Waals surface area contributed by atoms with E-state index in [9.17, 15) is 13.2 Å². The zero-order chi connectivity index (χ0) is 21.7. The Bertz CT molecular complexity index is 1150. The molecule has 3 rings (SSSR count). The Morgan fingerprint density at radius 2 is 1.60 bits per heavy atom. The maximum absolute atomic E-state index is 12.6. The first-order chi connectivity index (χ1) is 14.3. The normalized spacial score (nSPS) is 12.1. The van der Waals surface area contributed by atoms with Crippen LogP contribution in [0.1, 0.15) is 12.5 Å². The maximum atomic E-state index is 12.6. The topological polar surface area (TPSA) is 84.5 Å². The first-order valence-electron chi connectivity index (χ1n) is 9.17. The van der Waals surface area contributed by atoms with Crippen molar-refractivity contribution in [1.29, 1.82) is 0 Å². The van der Waals surface area contributed by atoms with Gasteiger partial charge in [-0.3, -0.25) is 9.52 Å². The molecule has 0 spiro atoms. The molecule has 0 fully saturated rings. The van der Waals surface area contributed by atoms with E-state index in [1.165, 1.54) is 24.3 Å². The van der Waals surface area contributed by atoms with Gasteiger partial charge in [0, 0.05) is 5.69 Å². The summed E-state index contributed by atoms with van der Waals surface area (Å²) in [7, 11) is -3.81. The van der Waals surface area contributed by atoms with Gasteiger partial charge in [-0.15, -0.1) is 0 Å². The molecule has 0 radical (unpaired) electrons. The maximum Gasteiger partial charge on any atom is 0.265 e. The number of benzene rings is 3. The SMILES string of the molecule is Cc1ccccc1O[C@H](C)C(=O)Nc1ccc(S(=O)(=O)Nc2ccccc2Cl)cc1. The molecule has 0 aliphatic rings. The molecule has 8 heteroatoms. The fourth-order valence-corrected chi connectivity index (χ4v) is 3.96. The zero-order valence-corrected chi connectivity index (χ0v) is 18.0. The van der Waals surface area contributed by atoms with Crippen LogP contribution in [0.5, 0.6) is 5.75 Å². The molecule has 0 saturated carbocycles. The van der Waals surface area contributed by atoms with Crippen LogP contribution in [0.2, 0.25) is 5.02 Å². The van der Waals surface area contributed by atoms with Crippen molar-refractivity contribution < 1.29 is 17.9 Å². The van der Waals surface area contributed by atoms with Crippen LogP contribution in [-0.4, -0.2) is 20.4 Å². The lowest BCUT2D eigenvalue weighted by atomic mass is 10.2. The standard InChI is InChI=1S/C22H21ClN2O4S/c1-15-7-3-6-10-21(15)29-16(2)22(26)24-17-11-13-18(14-12-17)30(27,28)25-20-9-5-4-8-19(20)23/h3-14,16,25H,1-2H3,(H,24,26)/t16-/m1/s1. The highest BCUT2D eigenvalue weighted by Crippen LogP contribution is 2.25. The minimum absolute atomic E-state index is 0.0460. The van der Waals surface area contributed by atoms with Crippen molar-refractivity contribution in [3.8, 4) is 5.75 Å². The molecule has 0 bridgehead atoms. The number of nitrogens with one attached hydrogen (secondary N) is 2. The van der Waals surface area contributed by atoms with Crippen molar-refractivity contribution in [1.82, 2.24) is 0 Å². The molecule has 1 amide bonds. The largest absolute Gasteiger partial charge is 0.481 e. The van der Waals surface area contributed by atoms with Crippen molar-refractivity contribution in [2.45, 2.75) is 24.8 Å². The summed E-state index contributed by atoms with van der Waals surface area (Å²) in [5, 5.41) is 3.02. The molecule has 1 atom stereocenters. The Labute approximate surface area is 180 Å². The molecule has 156 valence electrons. The molecule has 3 aromatic rings.